The van der Waals surface area contributed by atoms with Crippen LogP contribution in [0.1, 0.15) is 10.4 Å². The second kappa shape index (κ2) is 5.96. The van der Waals surface area contributed by atoms with Crippen LogP contribution < -0.4 is 10.6 Å². The van der Waals surface area contributed by atoms with Crippen LogP contribution in [0.4, 0.5) is 23.7 Å². The monoisotopic (exact) mass is 300 g/mol. The quantitative estimate of drug-likeness (QED) is 0.880. The van der Waals surface area contributed by atoms with Gasteiger partial charge in [0.15, 0.2) is 0 Å². The Morgan fingerprint density at radius 2 is 2.00 bits per heavy atom. The number of halogens is 3. The fourth-order valence-corrected chi connectivity index (χ4v) is 2.17. The van der Waals surface area contributed by atoms with Crippen LogP contribution in [-0.2, 0) is 12.7 Å². The molecule has 1 aromatic heterocycles. The SMILES string of the molecule is O=C(NCc1cccs1)Nc1cccc(C(F)(F)F)c1. The van der Waals surface area contributed by atoms with Crippen LogP contribution in [0.3, 0.4) is 0 Å². The Labute approximate surface area is 117 Å². The van der Waals surface area contributed by atoms with Crippen LogP contribution in [0, 0.1) is 0 Å². The van der Waals surface area contributed by atoms with Gasteiger partial charge >= 0.3 is 12.2 Å². The third-order valence-electron chi connectivity index (χ3n) is 2.45. The van der Waals surface area contributed by atoms with E-state index in [0.717, 1.165) is 17.0 Å². The first-order valence-corrected chi connectivity index (χ1v) is 6.57. The van der Waals surface area contributed by atoms with Gasteiger partial charge in [-0.05, 0) is 29.6 Å². The van der Waals surface area contributed by atoms with Crippen LogP contribution in [0.5, 0.6) is 0 Å². The molecule has 1 heterocycles. The average Bonchev–Trinajstić information content (AvgIpc) is 2.89. The zero-order valence-electron chi connectivity index (χ0n) is 10.2. The van der Waals surface area contributed by atoms with Crippen molar-refractivity contribution in [2.45, 2.75) is 12.7 Å². The summed E-state index contributed by atoms with van der Waals surface area (Å²) >= 11 is 1.49. The number of carbonyl (C=O) groups is 1. The lowest BCUT2D eigenvalue weighted by Crippen LogP contribution is -2.27. The van der Waals surface area contributed by atoms with Crippen molar-refractivity contribution >= 4 is 23.1 Å². The minimum atomic E-state index is -4.43. The lowest BCUT2D eigenvalue weighted by molar-refractivity contribution is -0.137. The molecule has 0 aliphatic heterocycles. The Hall–Kier alpha value is -2.02. The summed E-state index contributed by atoms with van der Waals surface area (Å²) in [6.07, 6.45) is -4.43. The molecule has 2 aromatic rings. The molecule has 0 aliphatic rings. The van der Waals surface area contributed by atoms with Crippen molar-refractivity contribution < 1.29 is 18.0 Å². The van der Waals surface area contributed by atoms with Crippen molar-refractivity contribution in [2.24, 2.45) is 0 Å². The number of carbonyl (C=O) groups excluding carboxylic acids is 1. The second-order valence-electron chi connectivity index (χ2n) is 3.97. The first-order chi connectivity index (χ1) is 9.45. The summed E-state index contributed by atoms with van der Waals surface area (Å²) in [6, 6.07) is 7.66. The summed E-state index contributed by atoms with van der Waals surface area (Å²) in [5.74, 6) is 0. The number of hydrogen-bond donors (Lipinski definition) is 2. The van der Waals surface area contributed by atoms with Crippen molar-refractivity contribution in [3.63, 3.8) is 0 Å². The smallest absolute Gasteiger partial charge is 0.333 e. The Morgan fingerprint density at radius 3 is 2.65 bits per heavy atom. The van der Waals surface area contributed by atoms with Gasteiger partial charge in [-0.25, -0.2) is 4.79 Å². The molecule has 106 valence electrons. The second-order valence-corrected chi connectivity index (χ2v) is 5.00. The third-order valence-corrected chi connectivity index (χ3v) is 3.33. The predicted octanol–water partition coefficient (Wildman–Crippen LogP) is 4.09. The molecule has 7 heteroatoms. The van der Waals surface area contributed by atoms with Gasteiger partial charge in [-0.2, -0.15) is 13.2 Å². The highest BCUT2D eigenvalue weighted by atomic mass is 32.1. The molecule has 0 aliphatic carbocycles. The molecule has 0 fully saturated rings. The van der Waals surface area contributed by atoms with Crippen LogP contribution in [0.25, 0.3) is 0 Å². The molecule has 2 N–H and O–H groups in total. The van der Waals surface area contributed by atoms with Crippen molar-refractivity contribution in [3.05, 3.63) is 52.2 Å². The van der Waals surface area contributed by atoms with E-state index in [1.807, 2.05) is 17.5 Å². The Morgan fingerprint density at radius 1 is 1.20 bits per heavy atom. The summed E-state index contributed by atoms with van der Waals surface area (Å²) in [5, 5.41) is 6.82. The van der Waals surface area contributed by atoms with E-state index in [0.29, 0.717) is 6.54 Å². The number of anilines is 1. The molecule has 20 heavy (non-hydrogen) atoms. The molecule has 0 unspecified atom stereocenters. The molecule has 2 amide bonds. The van der Waals surface area contributed by atoms with E-state index in [4.69, 9.17) is 0 Å². The number of urea groups is 1. The fourth-order valence-electron chi connectivity index (χ4n) is 1.53. The van der Waals surface area contributed by atoms with Crippen LogP contribution in [0.15, 0.2) is 41.8 Å². The number of hydrogen-bond acceptors (Lipinski definition) is 2. The summed E-state index contributed by atoms with van der Waals surface area (Å²) in [7, 11) is 0. The largest absolute Gasteiger partial charge is 0.416 e. The number of alkyl halides is 3. The zero-order chi connectivity index (χ0) is 14.6. The van der Waals surface area contributed by atoms with E-state index >= 15 is 0 Å². The highest BCUT2D eigenvalue weighted by molar-refractivity contribution is 7.09. The standard InChI is InChI=1S/C13H11F3N2OS/c14-13(15,16)9-3-1-4-10(7-9)18-12(19)17-8-11-5-2-6-20-11/h1-7H,8H2,(H2,17,18,19). The molecule has 0 bridgehead atoms. The first-order valence-electron chi connectivity index (χ1n) is 5.69. The van der Waals surface area contributed by atoms with E-state index < -0.39 is 17.8 Å². The fraction of sp³-hybridized carbons (Fsp3) is 0.154. The van der Waals surface area contributed by atoms with E-state index in [2.05, 4.69) is 10.6 Å². The number of rotatable bonds is 3. The Kier molecular flexibility index (Phi) is 4.29. The summed E-state index contributed by atoms with van der Waals surface area (Å²) in [5.41, 5.74) is -0.697. The van der Waals surface area contributed by atoms with Gasteiger partial charge in [0.25, 0.3) is 0 Å². The topological polar surface area (TPSA) is 41.1 Å². The zero-order valence-corrected chi connectivity index (χ0v) is 11.0. The van der Waals surface area contributed by atoms with Gasteiger partial charge in [0.2, 0.25) is 0 Å². The maximum atomic E-state index is 12.5. The number of thiophene rings is 1. The maximum Gasteiger partial charge on any atom is 0.416 e. The third kappa shape index (κ3) is 3.99. The molecular weight excluding hydrogens is 289 g/mol. The summed E-state index contributed by atoms with van der Waals surface area (Å²) in [4.78, 5) is 12.5. The average molecular weight is 300 g/mol. The van der Waals surface area contributed by atoms with Gasteiger partial charge < -0.3 is 10.6 Å². The van der Waals surface area contributed by atoms with Crippen LogP contribution in [0.2, 0.25) is 0 Å². The molecule has 3 nitrogen and oxygen atoms in total. The predicted molar refractivity (Wildman–Crippen MR) is 71.6 cm³/mol. The molecule has 0 spiro atoms. The van der Waals surface area contributed by atoms with Crippen molar-refractivity contribution in [3.8, 4) is 0 Å². The normalized spacial score (nSPS) is 11.2. The molecule has 2 rings (SSSR count). The molecular formula is C13H11F3N2OS. The lowest BCUT2D eigenvalue weighted by Gasteiger charge is -2.10. The molecule has 0 atom stereocenters. The van der Waals surface area contributed by atoms with Gasteiger partial charge in [-0.1, -0.05) is 12.1 Å². The molecule has 1 aromatic carbocycles. The van der Waals surface area contributed by atoms with Crippen LogP contribution in [-0.4, -0.2) is 6.03 Å². The Bertz CT molecular complexity index is 582. The van der Waals surface area contributed by atoms with Gasteiger partial charge in [0.05, 0.1) is 12.1 Å². The van der Waals surface area contributed by atoms with Crippen molar-refractivity contribution in [2.75, 3.05) is 5.32 Å². The van der Waals surface area contributed by atoms with Crippen molar-refractivity contribution in [1.29, 1.82) is 0 Å². The molecule has 0 radical (unpaired) electrons. The highest BCUT2D eigenvalue weighted by Crippen LogP contribution is 2.30. The van der Waals surface area contributed by atoms with E-state index in [-0.39, 0.29) is 5.69 Å². The first kappa shape index (κ1) is 14.4. The molecule has 0 saturated heterocycles. The highest BCUT2D eigenvalue weighted by Gasteiger charge is 2.30. The summed E-state index contributed by atoms with van der Waals surface area (Å²) in [6.45, 7) is 0.336. The molecule has 0 saturated carbocycles. The van der Waals surface area contributed by atoms with Gasteiger partial charge in [-0.3, -0.25) is 0 Å². The van der Waals surface area contributed by atoms with E-state index in [1.54, 1.807) is 0 Å². The van der Waals surface area contributed by atoms with Gasteiger partial charge in [0, 0.05) is 10.6 Å². The summed E-state index contributed by atoms with van der Waals surface area (Å²) < 4.78 is 37.5. The Balaban J connectivity index is 1.94. The number of amides is 2. The van der Waals surface area contributed by atoms with Gasteiger partial charge in [0.1, 0.15) is 0 Å². The van der Waals surface area contributed by atoms with E-state index in [9.17, 15) is 18.0 Å². The maximum absolute atomic E-state index is 12.5. The van der Waals surface area contributed by atoms with Crippen molar-refractivity contribution in [1.82, 2.24) is 5.32 Å². The lowest BCUT2D eigenvalue weighted by atomic mass is 10.2. The minimum Gasteiger partial charge on any atom is -0.333 e. The number of benzene rings is 1. The van der Waals surface area contributed by atoms with E-state index in [1.165, 1.54) is 23.5 Å². The minimum absolute atomic E-state index is 0.100. The van der Waals surface area contributed by atoms with Gasteiger partial charge in [-0.15, -0.1) is 11.3 Å². The van der Waals surface area contributed by atoms with Crippen LogP contribution >= 0.6 is 11.3 Å². The number of nitrogens with one attached hydrogen (secondary N) is 2.